The number of hydrogen-bond donors (Lipinski definition) is 3. The van der Waals surface area contributed by atoms with E-state index < -0.39 is 11.9 Å². The molecule has 1 aromatic carbocycles. The van der Waals surface area contributed by atoms with Crippen LogP contribution >= 0.6 is 0 Å². The van der Waals surface area contributed by atoms with Crippen molar-refractivity contribution in [3.05, 3.63) is 41.5 Å². The molecule has 0 spiro atoms. The molecule has 1 aliphatic carbocycles. The fraction of sp³-hybridized carbons (Fsp3) is 0.267. The maximum absolute atomic E-state index is 12.2. The molecule has 6 nitrogen and oxygen atoms in total. The smallest absolute Gasteiger partial charge is 0.310 e. The predicted molar refractivity (Wildman–Crippen MR) is 74.9 cm³/mol. The molecule has 21 heavy (non-hydrogen) atoms. The number of fused-ring (bicyclic) bond motifs is 1. The Balaban J connectivity index is 1.67. The third-order valence-electron chi connectivity index (χ3n) is 3.71. The van der Waals surface area contributed by atoms with Crippen molar-refractivity contribution in [1.82, 2.24) is 5.32 Å². The number of carbonyl (C=O) groups excluding carboxylic acids is 2. The van der Waals surface area contributed by atoms with E-state index in [-0.39, 0.29) is 24.3 Å². The van der Waals surface area contributed by atoms with E-state index in [4.69, 9.17) is 5.11 Å². The van der Waals surface area contributed by atoms with E-state index in [0.29, 0.717) is 12.0 Å². The minimum absolute atomic E-state index is 0.0782. The minimum atomic E-state index is -0.884. The lowest BCUT2D eigenvalue weighted by Crippen LogP contribution is -2.33. The second kappa shape index (κ2) is 5.05. The molecule has 0 bridgehead atoms. The van der Waals surface area contributed by atoms with Crippen molar-refractivity contribution in [2.24, 2.45) is 5.92 Å². The van der Waals surface area contributed by atoms with Crippen LogP contribution in [-0.4, -0.2) is 28.9 Å². The highest BCUT2D eigenvalue weighted by Gasteiger charge is 2.26. The van der Waals surface area contributed by atoms with E-state index in [0.717, 1.165) is 11.3 Å². The highest BCUT2D eigenvalue weighted by atomic mass is 16.4. The van der Waals surface area contributed by atoms with Gasteiger partial charge in [-0.25, -0.2) is 0 Å². The molecule has 6 heteroatoms. The molecule has 0 fully saturated rings. The van der Waals surface area contributed by atoms with Crippen molar-refractivity contribution in [2.75, 3.05) is 5.32 Å². The van der Waals surface area contributed by atoms with Crippen LogP contribution in [0.25, 0.3) is 0 Å². The zero-order chi connectivity index (χ0) is 15.0. The molecule has 1 aliphatic heterocycles. The van der Waals surface area contributed by atoms with Crippen LogP contribution in [-0.2, 0) is 16.0 Å². The summed E-state index contributed by atoms with van der Waals surface area (Å²) in [6.45, 7) is 0. The first-order valence-electron chi connectivity index (χ1n) is 6.67. The SMILES string of the molecule is O=C1Cc2cc(C(=O)NC3C=CC(C(=O)O)C3)ccc2N1. The lowest BCUT2D eigenvalue weighted by atomic mass is 10.1. The van der Waals surface area contributed by atoms with Gasteiger partial charge in [-0.15, -0.1) is 0 Å². The lowest BCUT2D eigenvalue weighted by molar-refractivity contribution is -0.140. The number of aliphatic carboxylic acids is 1. The van der Waals surface area contributed by atoms with Crippen molar-refractivity contribution in [3.8, 4) is 0 Å². The van der Waals surface area contributed by atoms with E-state index >= 15 is 0 Å². The summed E-state index contributed by atoms with van der Waals surface area (Å²) < 4.78 is 0. The van der Waals surface area contributed by atoms with Crippen LogP contribution in [0.5, 0.6) is 0 Å². The molecular weight excluding hydrogens is 272 g/mol. The third kappa shape index (κ3) is 2.65. The molecule has 3 N–H and O–H groups in total. The van der Waals surface area contributed by atoms with Gasteiger partial charge in [0.1, 0.15) is 0 Å². The number of carboxylic acids is 1. The number of anilines is 1. The Morgan fingerprint density at radius 3 is 2.81 bits per heavy atom. The fourth-order valence-corrected chi connectivity index (χ4v) is 2.61. The Morgan fingerprint density at radius 2 is 2.10 bits per heavy atom. The van der Waals surface area contributed by atoms with E-state index in [1.165, 1.54) is 0 Å². The average molecular weight is 286 g/mol. The molecular formula is C15H14N2O4. The summed E-state index contributed by atoms with van der Waals surface area (Å²) in [4.78, 5) is 34.3. The number of carboxylic acid groups (broad SMARTS) is 1. The van der Waals surface area contributed by atoms with Crippen LogP contribution in [0.1, 0.15) is 22.3 Å². The lowest BCUT2D eigenvalue weighted by Gasteiger charge is -2.12. The molecule has 0 saturated heterocycles. The molecule has 0 aromatic heterocycles. The van der Waals surface area contributed by atoms with Gasteiger partial charge >= 0.3 is 5.97 Å². The van der Waals surface area contributed by atoms with E-state index in [1.54, 1.807) is 30.4 Å². The summed E-state index contributed by atoms with van der Waals surface area (Å²) in [5.41, 5.74) is 2.01. The van der Waals surface area contributed by atoms with Crippen LogP contribution < -0.4 is 10.6 Å². The number of nitrogens with one attached hydrogen (secondary N) is 2. The number of rotatable bonds is 3. The number of carbonyl (C=O) groups is 3. The molecule has 0 saturated carbocycles. The van der Waals surface area contributed by atoms with Gasteiger partial charge in [-0.1, -0.05) is 12.2 Å². The normalized spacial score (nSPS) is 22.8. The molecule has 1 aromatic rings. The number of benzene rings is 1. The third-order valence-corrected chi connectivity index (χ3v) is 3.71. The molecule has 108 valence electrons. The Kier molecular flexibility index (Phi) is 3.21. The molecule has 2 amide bonds. The zero-order valence-corrected chi connectivity index (χ0v) is 11.1. The number of hydrogen-bond acceptors (Lipinski definition) is 3. The van der Waals surface area contributed by atoms with Gasteiger partial charge in [0.2, 0.25) is 5.91 Å². The summed E-state index contributed by atoms with van der Waals surface area (Å²) in [7, 11) is 0. The van der Waals surface area contributed by atoms with Crippen molar-refractivity contribution < 1.29 is 19.5 Å². The minimum Gasteiger partial charge on any atom is -0.481 e. The Hall–Kier alpha value is -2.63. The van der Waals surface area contributed by atoms with Crippen LogP contribution in [0.2, 0.25) is 0 Å². The molecule has 2 unspecified atom stereocenters. The first-order valence-corrected chi connectivity index (χ1v) is 6.67. The first-order chi connectivity index (χ1) is 10.0. The highest BCUT2D eigenvalue weighted by Crippen LogP contribution is 2.24. The van der Waals surface area contributed by atoms with Crippen molar-refractivity contribution in [1.29, 1.82) is 0 Å². The van der Waals surface area contributed by atoms with Crippen molar-refractivity contribution >= 4 is 23.5 Å². The average Bonchev–Trinajstić information content (AvgIpc) is 3.02. The van der Waals surface area contributed by atoms with Crippen LogP contribution in [0, 0.1) is 5.92 Å². The van der Waals surface area contributed by atoms with Crippen molar-refractivity contribution in [3.63, 3.8) is 0 Å². The summed E-state index contributed by atoms with van der Waals surface area (Å²) in [6.07, 6.45) is 3.95. The summed E-state index contributed by atoms with van der Waals surface area (Å²) in [5, 5.41) is 14.4. The topological polar surface area (TPSA) is 95.5 Å². The quantitative estimate of drug-likeness (QED) is 0.721. The predicted octanol–water partition coefficient (Wildman–Crippen LogP) is 0.940. The molecule has 2 aliphatic rings. The fourth-order valence-electron chi connectivity index (χ4n) is 2.61. The Morgan fingerprint density at radius 1 is 1.29 bits per heavy atom. The van der Waals surface area contributed by atoms with E-state index in [1.807, 2.05) is 0 Å². The first kappa shape index (κ1) is 13.4. The molecule has 1 heterocycles. The summed E-state index contributed by atoms with van der Waals surface area (Å²) in [6, 6.07) is 4.77. The molecule has 3 rings (SSSR count). The van der Waals surface area contributed by atoms with Crippen LogP contribution in [0.4, 0.5) is 5.69 Å². The molecule has 0 radical (unpaired) electrons. The maximum Gasteiger partial charge on any atom is 0.310 e. The van der Waals surface area contributed by atoms with Gasteiger partial charge in [-0.05, 0) is 30.2 Å². The zero-order valence-electron chi connectivity index (χ0n) is 11.1. The second-order valence-corrected chi connectivity index (χ2v) is 5.24. The highest BCUT2D eigenvalue weighted by molar-refractivity contribution is 6.01. The second-order valence-electron chi connectivity index (χ2n) is 5.24. The van der Waals surface area contributed by atoms with Gasteiger partial charge in [0.25, 0.3) is 5.91 Å². The van der Waals surface area contributed by atoms with Gasteiger partial charge in [0, 0.05) is 17.3 Å². The maximum atomic E-state index is 12.2. The van der Waals surface area contributed by atoms with Gasteiger partial charge in [0.05, 0.1) is 12.3 Å². The monoisotopic (exact) mass is 286 g/mol. The van der Waals surface area contributed by atoms with E-state index in [9.17, 15) is 14.4 Å². The largest absolute Gasteiger partial charge is 0.481 e. The Labute approximate surface area is 120 Å². The standard InChI is InChI=1S/C15H14N2O4/c18-13-7-10-5-8(2-4-12(10)17-13)14(19)16-11-3-1-9(6-11)15(20)21/h1-5,9,11H,6-7H2,(H,16,19)(H,17,18)(H,20,21). The van der Waals surface area contributed by atoms with Gasteiger partial charge < -0.3 is 15.7 Å². The van der Waals surface area contributed by atoms with Gasteiger partial charge in [0.15, 0.2) is 0 Å². The molecule has 2 atom stereocenters. The van der Waals surface area contributed by atoms with Crippen LogP contribution in [0.3, 0.4) is 0 Å². The van der Waals surface area contributed by atoms with Crippen molar-refractivity contribution in [2.45, 2.75) is 18.9 Å². The van der Waals surface area contributed by atoms with E-state index in [2.05, 4.69) is 10.6 Å². The van der Waals surface area contributed by atoms with Crippen LogP contribution in [0.15, 0.2) is 30.4 Å². The summed E-state index contributed by atoms with van der Waals surface area (Å²) in [5.74, 6) is -1.77. The summed E-state index contributed by atoms with van der Waals surface area (Å²) >= 11 is 0. The van der Waals surface area contributed by atoms with Gasteiger partial charge in [-0.2, -0.15) is 0 Å². The van der Waals surface area contributed by atoms with Gasteiger partial charge in [-0.3, -0.25) is 14.4 Å². The number of amides is 2. The Bertz CT molecular complexity index is 666.